The molecule has 0 aliphatic heterocycles. The molecule has 9 heteroatoms. The lowest BCUT2D eigenvalue weighted by atomic mass is 9.77. The van der Waals surface area contributed by atoms with Crippen molar-refractivity contribution in [3.63, 3.8) is 0 Å². The van der Waals surface area contributed by atoms with Gasteiger partial charge in [-0.15, -0.1) is 0 Å². The van der Waals surface area contributed by atoms with Crippen LogP contribution in [0.1, 0.15) is 84.2 Å². The van der Waals surface area contributed by atoms with Crippen LogP contribution < -0.4 is 5.73 Å². The summed E-state index contributed by atoms with van der Waals surface area (Å²) >= 11 is 0. The highest BCUT2D eigenvalue weighted by Gasteiger charge is 2.46. The van der Waals surface area contributed by atoms with Crippen molar-refractivity contribution in [3.05, 3.63) is 162 Å². The molecule has 6 aromatic rings. The number of carbonyl (C=O) groups excluding carboxylic acids is 2. The van der Waals surface area contributed by atoms with Gasteiger partial charge in [0.25, 0.3) is 5.91 Å². The summed E-state index contributed by atoms with van der Waals surface area (Å²) < 4.78 is 2.08. The topological polar surface area (TPSA) is 137 Å². The van der Waals surface area contributed by atoms with Gasteiger partial charge in [-0.05, 0) is 59.9 Å². The van der Waals surface area contributed by atoms with E-state index in [0.717, 1.165) is 72.5 Å². The Bertz CT molecular complexity index is 2100. The molecule has 2 heterocycles. The smallest absolute Gasteiger partial charge is 0.271 e. The lowest BCUT2D eigenvalue weighted by Gasteiger charge is -2.42. The SMILES string of the molecule is NC(=O)C(Cc1cn(C(c2ccccc2)(c2ccccc2)c2ccccc2)cn1)N(C(=O)c1cc2ccccc2[nH]1)[C@@H](CC1CCCCC1)[C@@H](O)[C@@H](O)C1CC1. The molecule has 5 N–H and O–H groups in total. The quantitative estimate of drug-likeness (QED) is 0.0823. The second-order valence-corrected chi connectivity index (χ2v) is 15.8. The largest absolute Gasteiger partial charge is 0.390 e. The Balaban J connectivity index is 1.24. The van der Waals surface area contributed by atoms with Gasteiger partial charge in [-0.1, -0.05) is 141 Å². The first-order chi connectivity index (χ1) is 27.3. The van der Waals surface area contributed by atoms with E-state index in [-0.39, 0.29) is 18.3 Å². The van der Waals surface area contributed by atoms with Crippen molar-refractivity contribution in [3.8, 4) is 0 Å². The zero-order valence-corrected chi connectivity index (χ0v) is 31.7. The molecule has 2 aromatic heterocycles. The molecule has 288 valence electrons. The van der Waals surface area contributed by atoms with E-state index < -0.39 is 41.6 Å². The molecule has 2 aliphatic rings. The van der Waals surface area contributed by atoms with Crippen LogP contribution in [0.2, 0.25) is 0 Å². The Morgan fingerprint density at radius 2 is 1.38 bits per heavy atom. The zero-order valence-electron chi connectivity index (χ0n) is 31.7. The third-order valence-corrected chi connectivity index (χ3v) is 12.2. The van der Waals surface area contributed by atoms with E-state index >= 15 is 4.79 Å². The molecular weight excluding hydrogens is 699 g/mol. The van der Waals surface area contributed by atoms with Gasteiger partial charge in [0.15, 0.2) is 0 Å². The Morgan fingerprint density at radius 1 is 0.804 bits per heavy atom. The fourth-order valence-corrected chi connectivity index (χ4v) is 9.15. The van der Waals surface area contributed by atoms with Crippen LogP contribution in [0.4, 0.5) is 0 Å². The molecule has 8 rings (SSSR count). The van der Waals surface area contributed by atoms with Crippen LogP contribution >= 0.6 is 0 Å². The number of para-hydroxylation sites is 1. The number of imidazole rings is 1. The highest BCUT2D eigenvalue weighted by Crippen LogP contribution is 2.42. The maximum atomic E-state index is 15.0. The van der Waals surface area contributed by atoms with Crippen molar-refractivity contribution in [2.24, 2.45) is 17.6 Å². The number of aliphatic hydroxyl groups excluding tert-OH is 2. The van der Waals surface area contributed by atoms with Crippen molar-refractivity contribution < 1.29 is 19.8 Å². The number of H-pyrrole nitrogens is 1. The number of primary amides is 1. The predicted molar refractivity (Wildman–Crippen MR) is 218 cm³/mol. The van der Waals surface area contributed by atoms with E-state index in [0.29, 0.717) is 17.8 Å². The van der Waals surface area contributed by atoms with Gasteiger partial charge >= 0.3 is 0 Å². The summed E-state index contributed by atoms with van der Waals surface area (Å²) in [5, 5.41) is 24.4. The number of nitrogens with one attached hydrogen (secondary N) is 1. The van der Waals surface area contributed by atoms with E-state index in [1.807, 2.05) is 85.1 Å². The molecule has 9 nitrogen and oxygen atoms in total. The monoisotopic (exact) mass is 749 g/mol. The lowest BCUT2D eigenvalue weighted by molar-refractivity contribution is -0.125. The number of hydrogen-bond acceptors (Lipinski definition) is 5. The third kappa shape index (κ3) is 7.41. The molecule has 56 heavy (non-hydrogen) atoms. The second kappa shape index (κ2) is 16.3. The Kier molecular flexibility index (Phi) is 10.9. The van der Waals surface area contributed by atoms with Gasteiger partial charge < -0.3 is 30.4 Å². The van der Waals surface area contributed by atoms with Crippen molar-refractivity contribution in [2.75, 3.05) is 0 Å². The number of nitrogens with zero attached hydrogens (tertiary/aromatic N) is 3. The molecule has 0 saturated heterocycles. The summed E-state index contributed by atoms with van der Waals surface area (Å²) in [7, 11) is 0. The van der Waals surface area contributed by atoms with Gasteiger partial charge in [-0.3, -0.25) is 9.59 Å². The number of aromatic nitrogens is 3. The minimum Gasteiger partial charge on any atom is -0.390 e. The molecule has 0 spiro atoms. The summed E-state index contributed by atoms with van der Waals surface area (Å²) in [6, 6.07) is 38.2. The highest BCUT2D eigenvalue weighted by atomic mass is 16.3. The highest BCUT2D eigenvalue weighted by molar-refractivity contribution is 6.00. The molecule has 2 saturated carbocycles. The van der Waals surface area contributed by atoms with Crippen molar-refractivity contribution >= 4 is 22.7 Å². The normalized spacial score (nSPS) is 17.2. The maximum absolute atomic E-state index is 15.0. The van der Waals surface area contributed by atoms with E-state index in [1.54, 1.807) is 12.4 Å². The lowest BCUT2D eigenvalue weighted by Crippen LogP contribution is -2.60. The average molecular weight is 750 g/mol. The number of benzene rings is 4. The fourth-order valence-electron chi connectivity index (χ4n) is 9.15. The molecule has 2 aliphatic carbocycles. The Labute approximate surface area is 328 Å². The number of aliphatic hydroxyl groups is 2. The first-order valence-electron chi connectivity index (χ1n) is 20.1. The minimum absolute atomic E-state index is 0.0101. The summed E-state index contributed by atoms with van der Waals surface area (Å²) in [5.41, 5.74) is 10.2. The van der Waals surface area contributed by atoms with Crippen LogP contribution in [0, 0.1) is 11.8 Å². The number of carbonyl (C=O) groups is 2. The van der Waals surface area contributed by atoms with Crippen molar-refractivity contribution in [2.45, 2.75) is 87.6 Å². The maximum Gasteiger partial charge on any atom is 0.271 e. The molecule has 1 unspecified atom stereocenters. The summed E-state index contributed by atoms with van der Waals surface area (Å²) in [4.78, 5) is 38.6. The molecule has 4 atom stereocenters. The number of amides is 2. The predicted octanol–water partition coefficient (Wildman–Crippen LogP) is 7.21. The van der Waals surface area contributed by atoms with E-state index in [2.05, 4.69) is 45.9 Å². The van der Waals surface area contributed by atoms with Gasteiger partial charge in [0.1, 0.15) is 23.4 Å². The number of aromatic amines is 1. The Hall–Kier alpha value is -5.51. The number of nitrogens with two attached hydrogens (primary N) is 1. The van der Waals surface area contributed by atoms with Gasteiger partial charge in [-0.2, -0.15) is 0 Å². The summed E-state index contributed by atoms with van der Waals surface area (Å²) in [6.45, 7) is 0. The molecule has 4 aromatic carbocycles. The second-order valence-electron chi connectivity index (χ2n) is 15.8. The molecule has 0 bridgehead atoms. The van der Waals surface area contributed by atoms with Gasteiger partial charge in [0.05, 0.1) is 24.2 Å². The number of hydrogen-bond donors (Lipinski definition) is 4. The molecule has 2 fully saturated rings. The van der Waals surface area contributed by atoms with E-state index in [4.69, 9.17) is 10.7 Å². The Morgan fingerprint density at radius 3 is 1.93 bits per heavy atom. The van der Waals surface area contributed by atoms with Crippen molar-refractivity contribution in [1.82, 2.24) is 19.4 Å². The third-order valence-electron chi connectivity index (χ3n) is 12.2. The zero-order chi connectivity index (χ0) is 38.6. The summed E-state index contributed by atoms with van der Waals surface area (Å²) in [5.74, 6) is -0.969. The van der Waals surface area contributed by atoms with Crippen LogP contribution in [-0.4, -0.2) is 65.8 Å². The van der Waals surface area contributed by atoms with Crippen LogP contribution in [0.25, 0.3) is 10.9 Å². The first kappa shape index (κ1) is 37.4. The average Bonchev–Trinajstić information content (AvgIpc) is 3.83. The van der Waals surface area contributed by atoms with Crippen LogP contribution in [0.15, 0.2) is 134 Å². The molecular formula is C47H51N5O4. The van der Waals surface area contributed by atoms with Crippen LogP contribution in [-0.2, 0) is 16.8 Å². The standard InChI is InChI=1S/C47H51N5O4/c48-45(55)42(29-38-30-51(31-49-38)47(35-18-7-2-8-19-35,36-20-9-3-10-21-36)37-22-11-4-12-23-37)52(46(56)40-28-34-17-13-14-24-39(34)50-40)41(27-32-15-5-1-6-16-32)44(54)43(53)33-25-26-33/h2-4,7-14,17-24,28,30-33,41-44,50,53-54H,1,5-6,15-16,25-27,29H2,(H2,48,55)/t41-,42?,43-,44+/m0/s1. The fraction of sp³-hybridized carbons (Fsp3) is 0.340. The molecule has 2 amide bonds. The minimum atomic E-state index is -1.26. The molecule has 0 radical (unpaired) electrons. The van der Waals surface area contributed by atoms with E-state index in [9.17, 15) is 15.0 Å². The van der Waals surface area contributed by atoms with Gasteiger partial charge in [0.2, 0.25) is 5.91 Å². The van der Waals surface area contributed by atoms with Crippen molar-refractivity contribution in [1.29, 1.82) is 0 Å². The number of rotatable bonds is 15. The number of fused-ring (bicyclic) bond motifs is 1. The summed E-state index contributed by atoms with van der Waals surface area (Å²) in [6.07, 6.45) is 8.73. The van der Waals surface area contributed by atoms with Crippen LogP contribution in [0.3, 0.4) is 0 Å². The first-order valence-corrected chi connectivity index (χ1v) is 20.1. The van der Waals surface area contributed by atoms with Gasteiger partial charge in [-0.25, -0.2) is 4.98 Å². The van der Waals surface area contributed by atoms with E-state index in [1.165, 1.54) is 4.90 Å². The van der Waals surface area contributed by atoms with Gasteiger partial charge in [0, 0.05) is 23.5 Å². The van der Waals surface area contributed by atoms with Crippen LogP contribution in [0.5, 0.6) is 0 Å².